The van der Waals surface area contributed by atoms with E-state index < -0.39 is 18.7 Å². The number of rotatable bonds is 1. The molecule has 0 aliphatic rings. The summed E-state index contributed by atoms with van der Waals surface area (Å²) in [6.45, 7) is 0. The second kappa shape index (κ2) is 1.92. The van der Waals surface area contributed by atoms with Gasteiger partial charge in [0.2, 0.25) is 0 Å². The van der Waals surface area contributed by atoms with Crippen LogP contribution in [-0.4, -0.2) is 25.1 Å². The van der Waals surface area contributed by atoms with E-state index in [1.54, 1.807) is 0 Å². The van der Waals surface area contributed by atoms with Crippen molar-refractivity contribution in [3.05, 3.63) is 0 Å². The molecule has 0 saturated heterocycles. The van der Waals surface area contributed by atoms with Crippen molar-refractivity contribution in [3.63, 3.8) is 0 Å². The minimum atomic E-state index is -2.78. The summed E-state index contributed by atoms with van der Waals surface area (Å²) < 4.78 is 29.9. The molecule has 7 heavy (non-hydrogen) atoms. The van der Waals surface area contributed by atoms with Crippen LogP contribution in [0.15, 0.2) is 0 Å². The number of hydrogen-bond acceptors (Lipinski definition) is 3. The Hall–Kier alpha value is 0.1000. The molecule has 0 radical (unpaired) electrons. The molecule has 0 aliphatic heterocycles. The van der Waals surface area contributed by atoms with E-state index in [9.17, 15) is 12.6 Å². The molecule has 46 valence electrons. The summed E-state index contributed by atoms with van der Waals surface area (Å²) in [6.07, 6.45) is 2.44. The van der Waals surface area contributed by atoms with E-state index in [4.69, 9.17) is 0 Å². The van der Waals surface area contributed by atoms with E-state index in [-0.39, 0.29) is 0 Å². The first-order valence-electron chi connectivity index (χ1n) is 1.64. The fraction of sp³-hybridized carbons (Fsp3) is 1.00. The van der Waals surface area contributed by atoms with Crippen molar-refractivity contribution >= 4 is 18.7 Å². The van der Waals surface area contributed by atoms with Gasteiger partial charge in [-0.15, -0.1) is 0 Å². The highest BCUT2D eigenvalue weighted by atomic mass is 33.2. The molecule has 0 aliphatic carbocycles. The second-order valence-corrected chi connectivity index (χ2v) is 8.47. The van der Waals surface area contributed by atoms with E-state index in [0.717, 1.165) is 0 Å². The lowest BCUT2D eigenvalue weighted by Gasteiger charge is -1.96. The Balaban J connectivity index is 4.42. The molecule has 0 bridgehead atoms. The lowest BCUT2D eigenvalue weighted by molar-refractivity contribution is 0.621. The van der Waals surface area contributed by atoms with Gasteiger partial charge in [-0.2, -0.15) is 0 Å². The molecule has 5 heteroatoms. The first-order chi connectivity index (χ1) is 2.94. The molecule has 0 aromatic rings. The largest absolute Gasteiger partial charge is 0.271 e. The first kappa shape index (κ1) is 7.10. The Bertz CT molecular complexity index is 154. The zero-order chi connectivity index (χ0) is 6.08. The van der Waals surface area contributed by atoms with E-state index in [1.807, 2.05) is 0 Å². The minimum Gasteiger partial charge on any atom is -0.271 e. The lowest BCUT2D eigenvalue weighted by Crippen LogP contribution is -2.05. The first-order valence-corrected chi connectivity index (χ1v) is 6.13. The summed E-state index contributed by atoms with van der Waals surface area (Å²) in [5.74, 6) is 0. The van der Waals surface area contributed by atoms with Gasteiger partial charge in [-0.3, -0.25) is 4.21 Å². The van der Waals surface area contributed by atoms with Crippen molar-refractivity contribution in [2.45, 2.75) is 0 Å². The normalized spacial score (nSPS) is 14.7. The third kappa shape index (κ3) is 2.76. The van der Waals surface area contributed by atoms with E-state index in [2.05, 4.69) is 0 Å². The number of thiol groups is 2. The fourth-order valence-electron chi connectivity index (χ4n) is 0. The average Bonchev–Trinajstić information content (AvgIpc) is 1.31. The van der Waals surface area contributed by atoms with Crippen LogP contribution in [0.3, 0.4) is 0 Å². The maximum absolute atomic E-state index is 10.3. The van der Waals surface area contributed by atoms with Gasteiger partial charge in [0.1, 0.15) is 0 Å². The molecule has 0 heterocycles. The van der Waals surface area contributed by atoms with Crippen LogP contribution in [0.1, 0.15) is 0 Å². The summed E-state index contributed by atoms with van der Waals surface area (Å²) in [7, 11) is -5.47. The van der Waals surface area contributed by atoms with Crippen LogP contribution < -0.4 is 0 Å². The van der Waals surface area contributed by atoms with Gasteiger partial charge in [0.05, 0.1) is 0 Å². The topological polar surface area (TPSA) is 51.2 Å². The zero-order valence-electron chi connectivity index (χ0n) is 4.12. The molecule has 0 saturated carbocycles. The van der Waals surface area contributed by atoms with E-state index >= 15 is 0 Å². The SMILES string of the molecule is C[SH](C)(=O)[SH](=O)=O. The van der Waals surface area contributed by atoms with Crippen molar-refractivity contribution < 1.29 is 12.6 Å². The molecule has 0 fully saturated rings. The highest BCUT2D eigenvalue weighted by molar-refractivity contribution is 8.64. The van der Waals surface area contributed by atoms with Crippen LogP contribution in [0.2, 0.25) is 0 Å². The highest BCUT2D eigenvalue weighted by Gasteiger charge is 1.98. The molecule has 0 spiro atoms. The van der Waals surface area contributed by atoms with Gasteiger partial charge in [0, 0.05) is 12.5 Å². The maximum Gasteiger partial charge on any atom is 0.196 e. The molecular formula is C2H8O3S2. The molecule has 0 atom stereocenters. The molecule has 3 nitrogen and oxygen atoms in total. The van der Waals surface area contributed by atoms with Gasteiger partial charge in [0.15, 0.2) is 9.74 Å². The Morgan fingerprint density at radius 2 is 1.43 bits per heavy atom. The fourth-order valence-corrected chi connectivity index (χ4v) is 0. The molecule has 0 aromatic carbocycles. The molecule has 0 aromatic heterocycles. The molecule has 0 rings (SSSR count). The van der Waals surface area contributed by atoms with E-state index in [1.165, 1.54) is 12.5 Å². The summed E-state index contributed by atoms with van der Waals surface area (Å²) >= 11 is 0. The van der Waals surface area contributed by atoms with Crippen molar-refractivity contribution in [3.8, 4) is 0 Å². The standard InChI is InChI=1S/C2H8O3S2/c1-7(2,5)6(3)4/h6-7H,1-2H3. The summed E-state index contributed by atoms with van der Waals surface area (Å²) in [5, 5.41) is 0. The van der Waals surface area contributed by atoms with Gasteiger partial charge in [-0.25, -0.2) is 8.42 Å². The van der Waals surface area contributed by atoms with Crippen molar-refractivity contribution in [1.29, 1.82) is 0 Å². The Morgan fingerprint density at radius 3 is 1.43 bits per heavy atom. The monoisotopic (exact) mass is 144 g/mol. The summed E-state index contributed by atoms with van der Waals surface area (Å²) in [4.78, 5) is 0. The molecule has 0 N–H and O–H groups in total. The third-order valence-electron chi connectivity index (χ3n) is 0.393. The predicted octanol–water partition coefficient (Wildman–Crippen LogP) is -1.21. The second-order valence-electron chi connectivity index (χ2n) is 1.53. The van der Waals surface area contributed by atoms with Crippen LogP contribution in [0.4, 0.5) is 0 Å². The van der Waals surface area contributed by atoms with Crippen LogP contribution in [0.25, 0.3) is 0 Å². The van der Waals surface area contributed by atoms with Crippen LogP contribution in [0, 0.1) is 0 Å². The van der Waals surface area contributed by atoms with Crippen LogP contribution in [0.5, 0.6) is 0 Å². The Labute approximate surface area is 44.5 Å². The smallest absolute Gasteiger partial charge is 0.196 e. The van der Waals surface area contributed by atoms with Crippen molar-refractivity contribution in [1.82, 2.24) is 0 Å². The minimum absolute atomic E-state index is 1.22. The van der Waals surface area contributed by atoms with Gasteiger partial charge >= 0.3 is 0 Å². The predicted molar refractivity (Wildman–Crippen MR) is 31.7 cm³/mol. The van der Waals surface area contributed by atoms with Gasteiger partial charge < -0.3 is 0 Å². The third-order valence-corrected chi connectivity index (χ3v) is 3.54. The van der Waals surface area contributed by atoms with Crippen LogP contribution >= 0.6 is 0 Å². The quantitative estimate of drug-likeness (QED) is 0.358. The van der Waals surface area contributed by atoms with Gasteiger partial charge in [-0.1, -0.05) is 0 Å². The average molecular weight is 144 g/mol. The Morgan fingerprint density at radius 1 is 1.29 bits per heavy atom. The van der Waals surface area contributed by atoms with Crippen molar-refractivity contribution in [2.75, 3.05) is 12.5 Å². The van der Waals surface area contributed by atoms with Gasteiger partial charge in [-0.05, 0) is 8.96 Å². The van der Waals surface area contributed by atoms with Gasteiger partial charge in [0.25, 0.3) is 0 Å². The zero-order valence-corrected chi connectivity index (χ0v) is 5.91. The number of hydrogen-bond donors (Lipinski definition) is 2. The highest BCUT2D eigenvalue weighted by Crippen LogP contribution is 1.88. The molecular weight excluding hydrogens is 136 g/mol. The summed E-state index contributed by atoms with van der Waals surface area (Å²) in [6, 6.07) is 0. The Kier molecular flexibility index (Phi) is 1.94. The van der Waals surface area contributed by atoms with Crippen molar-refractivity contribution in [2.24, 2.45) is 0 Å². The molecule has 0 unspecified atom stereocenters. The summed E-state index contributed by atoms with van der Waals surface area (Å²) in [5.41, 5.74) is 0. The molecule has 0 amide bonds. The maximum atomic E-state index is 10.3. The van der Waals surface area contributed by atoms with E-state index in [0.29, 0.717) is 0 Å². The lowest BCUT2D eigenvalue weighted by atomic mass is 11.9. The van der Waals surface area contributed by atoms with Crippen LogP contribution in [-0.2, 0) is 18.7 Å².